The van der Waals surface area contributed by atoms with Crippen molar-refractivity contribution in [2.75, 3.05) is 18.0 Å². The van der Waals surface area contributed by atoms with Crippen molar-refractivity contribution in [2.45, 2.75) is 65.9 Å². The van der Waals surface area contributed by atoms with Gasteiger partial charge in [0.25, 0.3) is 5.92 Å². The van der Waals surface area contributed by atoms with E-state index in [9.17, 15) is 13.6 Å². The number of nitrogens with zero attached hydrogens (tertiary/aromatic N) is 3. The van der Waals surface area contributed by atoms with Crippen molar-refractivity contribution in [3.05, 3.63) is 41.7 Å². The average Bonchev–Trinajstić information content (AvgIpc) is 3.57. The molecule has 1 aliphatic heterocycles. The first-order valence-electron chi connectivity index (χ1n) is 11.6. The van der Waals surface area contributed by atoms with Crippen LogP contribution in [0, 0.1) is 11.8 Å². The summed E-state index contributed by atoms with van der Waals surface area (Å²) in [6.45, 7) is 14.0. The zero-order chi connectivity index (χ0) is 24.3. The maximum absolute atomic E-state index is 14.5. The summed E-state index contributed by atoms with van der Waals surface area (Å²) in [5.41, 5.74) is 1.64. The van der Waals surface area contributed by atoms with Crippen LogP contribution in [0.15, 0.2) is 35.5 Å². The fraction of sp³-hybridized carbons (Fsp3) is 0.560. The van der Waals surface area contributed by atoms with Gasteiger partial charge in [0, 0.05) is 43.3 Å². The molecule has 0 aromatic carbocycles. The zero-order valence-electron chi connectivity index (χ0n) is 20.1. The monoisotopic (exact) mass is 460 g/mol. The third-order valence-electron chi connectivity index (χ3n) is 5.77. The molecule has 0 bridgehead atoms. The molecule has 180 valence electrons. The molecule has 1 aromatic heterocycles. The second-order valence-electron chi connectivity index (χ2n) is 9.31. The van der Waals surface area contributed by atoms with Crippen molar-refractivity contribution in [3.63, 3.8) is 0 Å². The van der Waals surface area contributed by atoms with Gasteiger partial charge in [0.05, 0.1) is 5.69 Å². The summed E-state index contributed by atoms with van der Waals surface area (Å²) in [6, 6.07) is 2.91. The fourth-order valence-electron chi connectivity index (χ4n) is 4.09. The Labute approximate surface area is 194 Å². The maximum Gasteiger partial charge on any atom is 0.413 e. The van der Waals surface area contributed by atoms with Crippen LogP contribution in [0.2, 0.25) is 0 Å². The third-order valence-corrected chi connectivity index (χ3v) is 5.77. The largest absolute Gasteiger partial charge is 0.441 e. The van der Waals surface area contributed by atoms with Gasteiger partial charge in [-0.2, -0.15) is 0 Å². The number of aliphatic imine (C=N–C) groups is 1. The first-order chi connectivity index (χ1) is 15.5. The Balaban J connectivity index is 2.19. The molecule has 0 spiro atoms. The normalized spacial score (nSPS) is 21.6. The standard InChI is InChI=1S/C25H34F2N4O2/c1-7-11-31(14-15(3)4)20-13-18(25(6,26)27)12-19(29-20)16(5)21-22(17-9-10-17)33-24(32)30-23(21)28-8-2/h8,12-13,15,17,22H,2,7,9-11,14H2,1,3-6H3,(H,28,30,32)/b21-16+. The quantitative estimate of drug-likeness (QED) is 0.498. The van der Waals surface area contributed by atoms with Crippen molar-refractivity contribution in [3.8, 4) is 0 Å². The van der Waals surface area contributed by atoms with E-state index in [2.05, 4.69) is 42.6 Å². The van der Waals surface area contributed by atoms with E-state index in [0.717, 1.165) is 26.2 Å². The van der Waals surface area contributed by atoms with E-state index in [1.807, 2.05) is 6.92 Å². The summed E-state index contributed by atoms with van der Waals surface area (Å²) in [5.74, 6) is -1.65. The van der Waals surface area contributed by atoms with Gasteiger partial charge >= 0.3 is 6.09 Å². The zero-order valence-corrected chi connectivity index (χ0v) is 20.1. The minimum atomic E-state index is -3.03. The average molecular weight is 461 g/mol. The number of alkyl carbamates (subject to hydrolysis) is 1. The fourth-order valence-corrected chi connectivity index (χ4v) is 4.09. The van der Waals surface area contributed by atoms with Crippen molar-refractivity contribution < 1.29 is 18.3 Å². The summed E-state index contributed by atoms with van der Waals surface area (Å²) in [4.78, 5) is 23.2. The van der Waals surface area contributed by atoms with Crippen LogP contribution in [0.3, 0.4) is 0 Å². The van der Waals surface area contributed by atoms with Gasteiger partial charge in [0.1, 0.15) is 17.8 Å². The van der Waals surface area contributed by atoms with Crippen LogP contribution in [0.25, 0.3) is 5.57 Å². The van der Waals surface area contributed by atoms with Gasteiger partial charge in [-0.15, -0.1) is 0 Å². The predicted molar refractivity (Wildman–Crippen MR) is 128 cm³/mol. The second-order valence-corrected chi connectivity index (χ2v) is 9.31. The predicted octanol–water partition coefficient (Wildman–Crippen LogP) is 5.90. The van der Waals surface area contributed by atoms with E-state index < -0.39 is 18.1 Å². The lowest BCUT2D eigenvalue weighted by molar-refractivity contribution is 0.0174. The van der Waals surface area contributed by atoms with E-state index in [1.165, 1.54) is 18.3 Å². The van der Waals surface area contributed by atoms with E-state index in [-0.39, 0.29) is 11.5 Å². The molecule has 1 atom stereocenters. The number of hydrogen-bond donors (Lipinski definition) is 1. The molecule has 33 heavy (non-hydrogen) atoms. The molecule has 8 heteroatoms. The number of allylic oxidation sites excluding steroid dienone is 1. The first-order valence-corrected chi connectivity index (χ1v) is 11.6. The number of amides is 1. The number of carbonyl (C=O) groups is 1. The Kier molecular flexibility index (Phi) is 7.55. The summed E-state index contributed by atoms with van der Waals surface area (Å²) >= 11 is 0. The Morgan fingerprint density at radius 1 is 1.42 bits per heavy atom. The molecule has 0 radical (unpaired) electrons. The third kappa shape index (κ3) is 5.97. The number of pyridine rings is 1. The van der Waals surface area contributed by atoms with Crippen LogP contribution in [0.5, 0.6) is 0 Å². The van der Waals surface area contributed by atoms with Gasteiger partial charge in [-0.1, -0.05) is 27.4 Å². The first kappa shape index (κ1) is 24.9. The van der Waals surface area contributed by atoms with Crippen LogP contribution in [-0.4, -0.2) is 36.1 Å². The topological polar surface area (TPSA) is 66.8 Å². The number of cyclic esters (lactones) is 1. The van der Waals surface area contributed by atoms with Crippen molar-refractivity contribution in [2.24, 2.45) is 16.8 Å². The second kappa shape index (κ2) is 10.0. The van der Waals surface area contributed by atoms with Gasteiger partial charge in [-0.3, -0.25) is 5.32 Å². The Morgan fingerprint density at radius 3 is 2.67 bits per heavy atom. The van der Waals surface area contributed by atoms with E-state index >= 15 is 0 Å². The van der Waals surface area contributed by atoms with Crippen LogP contribution in [-0.2, 0) is 10.7 Å². The molecule has 2 heterocycles. The molecule has 1 aromatic rings. The smallest absolute Gasteiger partial charge is 0.413 e. The van der Waals surface area contributed by atoms with Gasteiger partial charge < -0.3 is 9.64 Å². The highest BCUT2D eigenvalue weighted by atomic mass is 19.3. The van der Waals surface area contributed by atoms with Gasteiger partial charge in [0.2, 0.25) is 0 Å². The lowest BCUT2D eigenvalue weighted by atomic mass is 9.94. The number of alkyl halides is 2. The molecular formula is C25H34F2N4O2. The number of ether oxygens (including phenoxy) is 1. The van der Waals surface area contributed by atoms with E-state index in [0.29, 0.717) is 47.5 Å². The highest BCUT2D eigenvalue weighted by molar-refractivity contribution is 6.13. The Bertz CT molecular complexity index is 962. The SMILES string of the molecule is C=CN=C1NC(=O)OC(C2CC2)/C1=C(/C)c1cc(C(C)(F)F)cc(N(CCC)CC(C)C)n1. The number of hydrogen-bond acceptors (Lipinski definition) is 5. The molecule has 1 amide bonds. The minimum absolute atomic E-state index is 0.0988. The highest BCUT2D eigenvalue weighted by Crippen LogP contribution is 2.41. The molecule has 1 saturated heterocycles. The highest BCUT2D eigenvalue weighted by Gasteiger charge is 2.43. The Morgan fingerprint density at radius 2 is 2.12 bits per heavy atom. The number of aromatic nitrogens is 1. The minimum Gasteiger partial charge on any atom is -0.441 e. The summed E-state index contributed by atoms with van der Waals surface area (Å²) < 4.78 is 34.6. The molecule has 1 N–H and O–H groups in total. The molecule has 1 unspecified atom stereocenters. The number of halogens is 2. The molecule has 2 aliphatic rings. The summed E-state index contributed by atoms with van der Waals surface area (Å²) in [7, 11) is 0. The number of amidine groups is 1. The van der Waals surface area contributed by atoms with E-state index in [4.69, 9.17) is 9.72 Å². The van der Waals surface area contributed by atoms with Crippen LogP contribution < -0.4 is 10.2 Å². The van der Waals surface area contributed by atoms with Gasteiger partial charge in [-0.25, -0.2) is 23.6 Å². The molecule has 1 saturated carbocycles. The van der Waals surface area contributed by atoms with E-state index in [1.54, 1.807) is 0 Å². The molecule has 6 nitrogen and oxygen atoms in total. The lowest BCUT2D eigenvalue weighted by Gasteiger charge is -2.30. The van der Waals surface area contributed by atoms with Crippen LogP contribution in [0.1, 0.15) is 65.1 Å². The van der Waals surface area contributed by atoms with Crippen molar-refractivity contribution >= 4 is 23.3 Å². The number of nitrogens with one attached hydrogen (secondary N) is 1. The van der Waals surface area contributed by atoms with Crippen LogP contribution in [0.4, 0.5) is 19.4 Å². The number of rotatable bonds is 9. The number of carbonyl (C=O) groups excluding carboxylic acids is 1. The van der Waals surface area contributed by atoms with Gasteiger partial charge in [0.15, 0.2) is 0 Å². The van der Waals surface area contributed by atoms with Gasteiger partial charge in [-0.05, 0) is 49.8 Å². The van der Waals surface area contributed by atoms with Crippen molar-refractivity contribution in [1.82, 2.24) is 10.3 Å². The molecular weight excluding hydrogens is 426 g/mol. The number of anilines is 1. The lowest BCUT2D eigenvalue weighted by Crippen LogP contribution is -2.45. The Hall–Kier alpha value is -2.77. The van der Waals surface area contributed by atoms with Crippen molar-refractivity contribution in [1.29, 1.82) is 0 Å². The molecule has 2 fully saturated rings. The molecule has 3 rings (SSSR count). The molecule has 1 aliphatic carbocycles. The van der Waals surface area contributed by atoms with Crippen LogP contribution >= 0.6 is 0 Å². The summed E-state index contributed by atoms with van der Waals surface area (Å²) in [5, 5.41) is 2.63. The summed E-state index contributed by atoms with van der Waals surface area (Å²) in [6.07, 6.45) is 3.02. The maximum atomic E-state index is 14.5.